The zero-order valence-corrected chi connectivity index (χ0v) is 20.4. The Labute approximate surface area is 216 Å². The number of para-hydroxylation sites is 1. The molecule has 188 valence electrons. The van der Waals surface area contributed by atoms with Crippen LogP contribution in [0.1, 0.15) is 5.56 Å². The minimum Gasteiger partial charge on any atom is -0.486 e. The van der Waals surface area contributed by atoms with E-state index in [1.807, 2.05) is 54.6 Å². The summed E-state index contributed by atoms with van der Waals surface area (Å²) in [5.74, 6) is 8.83. The molecule has 2 heterocycles. The number of amides is 1. The Morgan fingerprint density at radius 3 is 2.70 bits per heavy atom. The maximum atomic E-state index is 12.4. The van der Waals surface area contributed by atoms with Gasteiger partial charge in [0.15, 0.2) is 11.5 Å². The monoisotopic (exact) mass is 517 g/mol. The predicted molar refractivity (Wildman–Crippen MR) is 141 cm³/mol. The van der Waals surface area contributed by atoms with Crippen molar-refractivity contribution in [2.24, 2.45) is 5.10 Å². The number of rotatable bonds is 9. The van der Waals surface area contributed by atoms with Crippen molar-refractivity contribution in [3.63, 3.8) is 0 Å². The SMILES string of the molecule is Nn1c(N/N=C/c2cccc(Oc3ccccc3)c2)nnc1SCC(=O)Nc1ccc2c(c1)OCCO2. The topological polar surface area (TPSA) is 138 Å². The molecule has 0 saturated carbocycles. The number of hydrogen-bond donors (Lipinski definition) is 3. The molecule has 0 fully saturated rings. The molecule has 0 bridgehead atoms. The average molecular weight is 518 g/mol. The number of nitrogens with zero attached hydrogens (tertiary/aromatic N) is 4. The van der Waals surface area contributed by atoms with Crippen LogP contribution in [0.25, 0.3) is 0 Å². The number of benzene rings is 3. The molecular weight excluding hydrogens is 494 g/mol. The second-order valence-electron chi connectivity index (χ2n) is 7.73. The molecule has 1 aliphatic heterocycles. The highest BCUT2D eigenvalue weighted by Crippen LogP contribution is 2.32. The first kappa shape index (κ1) is 24.0. The van der Waals surface area contributed by atoms with E-state index in [0.717, 1.165) is 23.1 Å². The first-order chi connectivity index (χ1) is 18.1. The quantitative estimate of drug-likeness (QED) is 0.131. The Balaban J connectivity index is 1.13. The number of aromatic nitrogens is 3. The largest absolute Gasteiger partial charge is 0.486 e. The summed E-state index contributed by atoms with van der Waals surface area (Å²) in [6, 6.07) is 22.2. The van der Waals surface area contributed by atoms with Gasteiger partial charge in [-0.25, -0.2) is 10.1 Å². The molecule has 1 amide bonds. The Morgan fingerprint density at radius 2 is 1.84 bits per heavy atom. The van der Waals surface area contributed by atoms with Gasteiger partial charge in [0.1, 0.15) is 24.7 Å². The zero-order chi connectivity index (χ0) is 25.5. The van der Waals surface area contributed by atoms with Gasteiger partial charge in [0.25, 0.3) is 5.95 Å². The number of hydrazone groups is 1. The maximum absolute atomic E-state index is 12.4. The molecular formula is C25H23N7O4S. The number of nitrogens with two attached hydrogens (primary N) is 1. The molecule has 0 spiro atoms. The van der Waals surface area contributed by atoms with Crippen molar-refractivity contribution in [3.8, 4) is 23.0 Å². The van der Waals surface area contributed by atoms with Gasteiger partial charge in [-0.3, -0.25) is 4.79 Å². The molecule has 0 radical (unpaired) electrons. The Hall–Kier alpha value is -4.71. The predicted octanol–water partition coefficient (Wildman–Crippen LogP) is 3.73. The number of carbonyl (C=O) groups excluding carboxylic acids is 1. The fourth-order valence-electron chi connectivity index (χ4n) is 3.35. The van der Waals surface area contributed by atoms with Gasteiger partial charge in [-0.1, -0.05) is 42.1 Å². The summed E-state index contributed by atoms with van der Waals surface area (Å²) in [6.07, 6.45) is 1.61. The van der Waals surface area contributed by atoms with E-state index in [2.05, 4.69) is 26.0 Å². The van der Waals surface area contributed by atoms with Gasteiger partial charge >= 0.3 is 0 Å². The van der Waals surface area contributed by atoms with Crippen LogP contribution < -0.4 is 30.8 Å². The first-order valence-corrected chi connectivity index (χ1v) is 12.3. The normalized spacial score (nSPS) is 12.3. The van der Waals surface area contributed by atoms with Crippen molar-refractivity contribution in [2.45, 2.75) is 5.16 Å². The standard InChI is InChI=1S/C25H23N7O4S/c26-32-24(29-27-15-17-5-4-8-20(13-17)36-19-6-2-1-3-7-19)30-31-25(32)37-16-23(33)28-18-9-10-21-22(14-18)35-12-11-34-21/h1-10,13-15H,11-12,16,26H2,(H,28,33)(H,29,30)/b27-15+. The highest BCUT2D eigenvalue weighted by atomic mass is 32.2. The van der Waals surface area contributed by atoms with Crippen LogP contribution in [-0.4, -0.2) is 46.0 Å². The molecule has 0 unspecified atom stereocenters. The molecule has 12 heteroatoms. The smallest absolute Gasteiger partial charge is 0.264 e. The molecule has 4 N–H and O–H groups in total. The minimum atomic E-state index is -0.227. The number of nitrogen functional groups attached to an aromatic ring is 1. The summed E-state index contributed by atoms with van der Waals surface area (Å²) in [5, 5.41) is 15.4. The second kappa shape index (κ2) is 11.4. The Kier molecular flexibility index (Phi) is 7.36. The van der Waals surface area contributed by atoms with Crippen LogP contribution in [0, 0.1) is 0 Å². The van der Waals surface area contributed by atoms with Crippen molar-refractivity contribution in [1.29, 1.82) is 0 Å². The van der Waals surface area contributed by atoms with Crippen LogP contribution in [0.5, 0.6) is 23.0 Å². The number of carbonyl (C=O) groups is 1. The third-order valence-electron chi connectivity index (χ3n) is 5.04. The summed E-state index contributed by atoms with van der Waals surface area (Å²) < 4.78 is 18.1. The van der Waals surface area contributed by atoms with Crippen LogP contribution >= 0.6 is 11.8 Å². The van der Waals surface area contributed by atoms with Crippen molar-refractivity contribution < 1.29 is 19.0 Å². The molecule has 3 aromatic carbocycles. The van der Waals surface area contributed by atoms with E-state index < -0.39 is 0 Å². The molecule has 11 nitrogen and oxygen atoms in total. The van der Waals surface area contributed by atoms with E-state index in [-0.39, 0.29) is 17.6 Å². The van der Waals surface area contributed by atoms with Gasteiger partial charge in [-0.2, -0.15) is 5.10 Å². The minimum absolute atomic E-state index is 0.0846. The summed E-state index contributed by atoms with van der Waals surface area (Å²) in [5.41, 5.74) is 4.19. The number of thioether (sulfide) groups is 1. The molecule has 37 heavy (non-hydrogen) atoms. The molecule has 0 saturated heterocycles. The number of fused-ring (bicyclic) bond motifs is 1. The summed E-state index contributed by atoms with van der Waals surface area (Å²) in [4.78, 5) is 12.4. The van der Waals surface area contributed by atoms with Crippen LogP contribution in [0.4, 0.5) is 11.6 Å². The average Bonchev–Trinajstić information content (AvgIpc) is 3.27. The van der Waals surface area contributed by atoms with Gasteiger partial charge in [0, 0.05) is 11.8 Å². The fourth-order valence-corrected chi connectivity index (χ4v) is 4.00. The van der Waals surface area contributed by atoms with Gasteiger partial charge in [-0.15, -0.1) is 10.2 Å². The third kappa shape index (κ3) is 6.30. The summed E-state index contributed by atoms with van der Waals surface area (Å²) in [7, 11) is 0. The fraction of sp³-hybridized carbons (Fsp3) is 0.120. The van der Waals surface area contributed by atoms with Crippen LogP contribution in [0.15, 0.2) is 83.1 Å². The lowest BCUT2D eigenvalue weighted by molar-refractivity contribution is -0.113. The number of ether oxygens (including phenoxy) is 3. The summed E-state index contributed by atoms with van der Waals surface area (Å²) >= 11 is 1.14. The van der Waals surface area contributed by atoms with Crippen LogP contribution in [0.3, 0.4) is 0 Å². The number of nitrogens with one attached hydrogen (secondary N) is 2. The van der Waals surface area contributed by atoms with Crippen molar-refractivity contribution in [1.82, 2.24) is 14.9 Å². The Bertz CT molecular complexity index is 1410. The zero-order valence-electron chi connectivity index (χ0n) is 19.5. The van der Waals surface area contributed by atoms with Gasteiger partial charge in [0.2, 0.25) is 11.1 Å². The lowest BCUT2D eigenvalue weighted by atomic mass is 10.2. The first-order valence-electron chi connectivity index (χ1n) is 11.3. The molecule has 4 aromatic rings. The van der Waals surface area contributed by atoms with Crippen LogP contribution in [0.2, 0.25) is 0 Å². The van der Waals surface area contributed by atoms with E-state index in [9.17, 15) is 4.79 Å². The van der Waals surface area contributed by atoms with Crippen molar-refractivity contribution >= 4 is 35.5 Å². The summed E-state index contributed by atoms with van der Waals surface area (Å²) in [6.45, 7) is 0.982. The van der Waals surface area contributed by atoms with Crippen molar-refractivity contribution in [2.75, 3.05) is 35.6 Å². The van der Waals surface area contributed by atoms with E-state index in [4.69, 9.17) is 20.1 Å². The number of anilines is 2. The van der Waals surface area contributed by atoms with Gasteiger partial charge < -0.3 is 25.4 Å². The van der Waals surface area contributed by atoms with Gasteiger partial charge in [0.05, 0.1) is 12.0 Å². The molecule has 1 aliphatic rings. The highest BCUT2D eigenvalue weighted by molar-refractivity contribution is 7.99. The highest BCUT2D eigenvalue weighted by Gasteiger charge is 2.15. The molecule has 0 aliphatic carbocycles. The van der Waals surface area contributed by atoms with E-state index in [1.165, 1.54) is 4.68 Å². The van der Waals surface area contributed by atoms with Crippen molar-refractivity contribution in [3.05, 3.63) is 78.4 Å². The maximum Gasteiger partial charge on any atom is 0.264 e. The number of hydrogen-bond acceptors (Lipinski definition) is 10. The van der Waals surface area contributed by atoms with E-state index in [1.54, 1.807) is 24.4 Å². The second-order valence-corrected chi connectivity index (χ2v) is 8.67. The van der Waals surface area contributed by atoms with Crippen LogP contribution in [-0.2, 0) is 4.79 Å². The molecule has 0 atom stereocenters. The Morgan fingerprint density at radius 1 is 1.03 bits per heavy atom. The van der Waals surface area contributed by atoms with E-state index in [0.29, 0.717) is 41.3 Å². The lowest BCUT2D eigenvalue weighted by Gasteiger charge is -2.18. The lowest BCUT2D eigenvalue weighted by Crippen LogP contribution is -2.18. The third-order valence-corrected chi connectivity index (χ3v) is 5.98. The van der Waals surface area contributed by atoms with E-state index >= 15 is 0 Å². The molecule has 5 rings (SSSR count). The van der Waals surface area contributed by atoms with Gasteiger partial charge in [-0.05, 0) is 42.0 Å². The molecule has 1 aromatic heterocycles.